The van der Waals surface area contributed by atoms with Gasteiger partial charge < -0.3 is 10.1 Å². The number of fused-ring (bicyclic) bond motifs is 1. The van der Waals surface area contributed by atoms with Crippen molar-refractivity contribution < 1.29 is 14.3 Å². The number of hydrogen-bond acceptors (Lipinski definition) is 3. The molecule has 4 heteroatoms. The van der Waals surface area contributed by atoms with Crippen molar-refractivity contribution in [3.05, 3.63) is 23.3 Å². The topological polar surface area (TPSA) is 55.4 Å². The van der Waals surface area contributed by atoms with Crippen LogP contribution in [-0.4, -0.2) is 18.8 Å². The number of rotatable bonds is 2. The standard InChI is InChI=1S/C11H11NO3/c1-6(13)7-3-4-9(15-2)11-8(7)5-10(14)12-11/h3-4H,5H2,1-2H3,(H,12,14). The lowest BCUT2D eigenvalue weighted by atomic mass is 10.0. The van der Waals surface area contributed by atoms with Gasteiger partial charge in [-0.15, -0.1) is 0 Å². The van der Waals surface area contributed by atoms with Crippen LogP contribution >= 0.6 is 0 Å². The minimum Gasteiger partial charge on any atom is -0.495 e. The van der Waals surface area contributed by atoms with Crippen LogP contribution in [0.15, 0.2) is 12.1 Å². The maximum atomic E-state index is 11.3. The van der Waals surface area contributed by atoms with Gasteiger partial charge in [0.1, 0.15) is 5.75 Å². The van der Waals surface area contributed by atoms with Crippen LogP contribution in [0.4, 0.5) is 5.69 Å². The minimum absolute atomic E-state index is 0.0367. The van der Waals surface area contributed by atoms with Crippen molar-refractivity contribution in [2.45, 2.75) is 13.3 Å². The maximum absolute atomic E-state index is 11.3. The zero-order valence-electron chi connectivity index (χ0n) is 8.59. The van der Waals surface area contributed by atoms with Crippen molar-refractivity contribution in [1.82, 2.24) is 0 Å². The third-order valence-corrected chi connectivity index (χ3v) is 2.48. The second-order valence-electron chi connectivity index (χ2n) is 3.45. The molecule has 0 aliphatic carbocycles. The molecule has 0 bridgehead atoms. The van der Waals surface area contributed by atoms with Gasteiger partial charge in [0.2, 0.25) is 5.91 Å². The Morgan fingerprint density at radius 1 is 1.47 bits per heavy atom. The number of hydrogen-bond donors (Lipinski definition) is 1. The molecule has 1 aromatic carbocycles. The SMILES string of the molecule is COc1ccc(C(C)=O)c2c1NC(=O)C2. The van der Waals surface area contributed by atoms with Crippen molar-refractivity contribution in [3.8, 4) is 5.75 Å². The Morgan fingerprint density at radius 3 is 2.80 bits per heavy atom. The fourth-order valence-electron chi connectivity index (χ4n) is 1.79. The molecule has 0 fully saturated rings. The molecule has 0 saturated carbocycles. The first-order valence-electron chi connectivity index (χ1n) is 4.64. The normalized spacial score (nSPS) is 13.3. The van der Waals surface area contributed by atoms with E-state index in [9.17, 15) is 9.59 Å². The number of methoxy groups -OCH3 is 1. The Labute approximate surface area is 87.2 Å². The highest BCUT2D eigenvalue weighted by atomic mass is 16.5. The summed E-state index contributed by atoms with van der Waals surface area (Å²) in [5, 5.41) is 2.70. The Hall–Kier alpha value is -1.84. The molecule has 1 amide bonds. The van der Waals surface area contributed by atoms with Crippen LogP contribution < -0.4 is 10.1 Å². The minimum atomic E-state index is -0.1000. The molecule has 1 N–H and O–H groups in total. The van der Waals surface area contributed by atoms with E-state index in [0.29, 0.717) is 17.0 Å². The molecular weight excluding hydrogens is 194 g/mol. The van der Waals surface area contributed by atoms with Gasteiger partial charge in [-0.2, -0.15) is 0 Å². The van der Waals surface area contributed by atoms with E-state index < -0.39 is 0 Å². The van der Waals surface area contributed by atoms with E-state index in [1.54, 1.807) is 12.1 Å². The molecule has 1 heterocycles. The van der Waals surface area contributed by atoms with Crippen molar-refractivity contribution in [3.63, 3.8) is 0 Å². The Balaban J connectivity index is 2.61. The Morgan fingerprint density at radius 2 is 2.20 bits per heavy atom. The maximum Gasteiger partial charge on any atom is 0.229 e. The van der Waals surface area contributed by atoms with Gasteiger partial charge in [0.25, 0.3) is 0 Å². The van der Waals surface area contributed by atoms with Crippen LogP contribution in [0, 0.1) is 0 Å². The molecule has 0 aromatic heterocycles. The van der Waals surface area contributed by atoms with Crippen molar-refractivity contribution in [2.75, 3.05) is 12.4 Å². The molecule has 2 rings (SSSR count). The summed E-state index contributed by atoms with van der Waals surface area (Å²) in [5.41, 5.74) is 1.96. The molecule has 0 saturated heterocycles. The summed E-state index contributed by atoms with van der Waals surface area (Å²) >= 11 is 0. The fourth-order valence-corrected chi connectivity index (χ4v) is 1.79. The molecule has 4 nitrogen and oxygen atoms in total. The number of carbonyl (C=O) groups is 2. The predicted octanol–water partition coefficient (Wildman–Crippen LogP) is 1.39. The van der Waals surface area contributed by atoms with Crippen molar-refractivity contribution in [2.24, 2.45) is 0 Å². The van der Waals surface area contributed by atoms with E-state index in [1.807, 2.05) is 0 Å². The molecule has 0 atom stereocenters. The van der Waals surface area contributed by atoms with Crippen LogP contribution in [0.25, 0.3) is 0 Å². The zero-order valence-corrected chi connectivity index (χ0v) is 8.59. The van der Waals surface area contributed by atoms with Gasteiger partial charge in [0.05, 0.1) is 19.2 Å². The van der Waals surface area contributed by atoms with Gasteiger partial charge in [-0.05, 0) is 24.6 Å². The lowest BCUT2D eigenvalue weighted by Gasteiger charge is -2.08. The van der Waals surface area contributed by atoms with E-state index in [1.165, 1.54) is 14.0 Å². The van der Waals surface area contributed by atoms with Gasteiger partial charge in [-0.3, -0.25) is 9.59 Å². The molecule has 0 unspecified atom stereocenters. The smallest absolute Gasteiger partial charge is 0.229 e. The van der Waals surface area contributed by atoms with Crippen LogP contribution in [0.5, 0.6) is 5.75 Å². The number of nitrogens with one attached hydrogen (secondary N) is 1. The van der Waals surface area contributed by atoms with Gasteiger partial charge in [0.15, 0.2) is 5.78 Å². The predicted molar refractivity (Wildman–Crippen MR) is 55.3 cm³/mol. The van der Waals surface area contributed by atoms with E-state index in [-0.39, 0.29) is 18.1 Å². The summed E-state index contributed by atoms with van der Waals surface area (Å²) in [6.45, 7) is 1.49. The summed E-state index contributed by atoms with van der Waals surface area (Å²) in [6, 6.07) is 3.39. The van der Waals surface area contributed by atoms with Gasteiger partial charge >= 0.3 is 0 Å². The summed E-state index contributed by atoms with van der Waals surface area (Å²) in [6.07, 6.45) is 0.251. The zero-order chi connectivity index (χ0) is 11.0. The molecule has 15 heavy (non-hydrogen) atoms. The van der Waals surface area contributed by atoms with Gasteiger partial charge in [-0.1, -0.05) is 0 Å². The highest BCUT2D eigenvalue weighted by molar-refractivity contribution is 6.07. The summed E-state index contributed by atoms with van der Waals surface area (Å²) in [7, 11) is 1.54. The third kappa shape index (κ3) is 1.48. The molecule has 0 radical (unpaired) electrons. The molecule has 1 aromatic rings. The summed E-state index contributed by atoms with van der Waals surface area (Å²) in [4.78, 5) is 22.6. The molecular formula is C11H11NO3. The van der Waals surface area contributed by atoms with E-state index in [4.69, 9.17) is 4.74 Å². The average Bonchev–Trinajstić information content (AvgIpc) is 2.56. The molecule has 1 aliphatic heterocycles. The monoisotopic (exact) mass is 205 g/mol. The van der Waals surface area contributed by atoms with Crippen LogP contribution in [-0.2, 0) is 11.2 Å². The lowest BCUT2D eigenvalue weighted by Crippen LogP contribution is -2.04. The fraction of sp³-hybridized carbons (Fsp3) is 0.273. The van der Waals surface area contributed by atoms with E-state index in [0.717, 1.165) is 5.56 Å². The number of ketones is 1. The van der Waals surface area contributed by atoms with Crippen molar-refractivity contribution >= 4 is 17.4 Å². The highest BCUT2D eigenvalue weighted by Crippen LogP contribution is 2.35. The number of anilines is 1. The van der Waals surface area contributed by atoms with Crippen LogP contribution in [0.3, 0.4) is 0 Å². The second kappa shape index (κ2) is 3.38. The van der Waals surface area contributed by atoms with Crippen LogP contribution in [0.1, 0.15) is 22.8 Å². The molecule has 1 aliphatic rings. The highest BCUT2D eigenvalue weighted by Gasteiger charge is 2.25. The molecule has 0 spiro atoms. The first-order chi connectivity index (χ1) is 7.13. The largest absolute Gasteiger partial charge is 0.495 e. The Bertz CT molecular complexity index is 451. The number of amides is 1. The quantitative estimate of drug-likeness (QED) is 0.742. The number of Topliss-reactive ketones (excluding diaryl/α,β-unsaturated/α-hetero) is 1. The second-order valence-corrected chi connectivity index (χ2v) is 3.45. The number of benzene rings is 1. The summed E-state index contributed by atoms with van der Waals surface area (Å²) < 4.78 is 5.11. The van der Waals surface area contributed by atoms with Crippen LogP contribution in [0.2, 0.25) is 0 Å². The lowest BCUT2D eigenvalue weighted by molar-refractivity contribution is -0.115. The number of carbonyl (C=O) groups excluding carboxylic acids is 2. The van der Waals surface area contributed by atoms with Gasteiger partial charge in [-0.25, -0.2) is 0 Å². The van der Waals surface area contributed by atoms with E-state index >= 15 is 0 Å². The first-order valence-corrected chi connectivity index (χ1v) is 4.64. The van der Waals surface area contributed by atoms with E-state index in [2.05, 4.69) is 5.32 Å². The van der Waals surface area contributed by atoms with Gasteiger partial charge in [0, 0.05) is 5.56 Å². The summed E-state index contributed by atoms with van der Waals surface area (Å²) in [5.74, 6) is 0.461. The average molecular weight is 205 g/mol. The Kier molecular flexibility index (Phi) is 2.19. The number of ether oxygens (including phenoxy) is 1. The first kappa shape index (κ1) is 9.71. The third-order valence-electron chi connectivity index (χ3n) is 2.48. The van der Waals surface area contributed by atoms with Crippen molar-refractivity contribution in [1.29, 1.82) is 0 Å². The molecule has 78 valence electrons.